The Balaban J connectivity index is 3.73. The van der Waals surface area contributed by atoms with Gasteiger partial charge in [0.05, 0.1) is 0 Å². The van der Waals surface area contributed by atoms with E-state index < -0.39 is 0 Å². The Hall–Kier alpha value is -0.810. The molecule has 0 heterocycles. The van der Waals surface area contributed by atoms with Gasteiger partial charge in [0.1, 0.15) is 0 Å². The lowest BCUT2D eigenvalue weighted by atomic mass is 10.3. The van der Waals surface area contributed by atoms with Gasteiger partial charge in [-0.25, -0.2) is 0 Å². The van der Waals surface area contributed by atoms with Crippen LogP contribution in [0.25, 0.3) is 0 Å². The first-order valence-electron chi connectivity index (χ1n) is 9.60. The number of rotatable bonds is 15. The van der Waals surface area contributed by atoms with Gasteiger partial charge in [-0.15, -0.1) is 0 Å². The van der Waals surface area contributed by atoms with Gasteiger partial charge in [0.25, 0.3) is 0 Å². The quantitative estimate of drug-likeness (QED) is 0.276. The highest BCUT2D eigenvalue weighted by Crippen LogP contribution is 1.94. The van der Waals surface area contributed by atoms with Crippen molar-refractivity contribution in [2.24, 2.45) is 4.99 Å². The Labute approximate surface area is 144 Å². The fraction of sp³-hybridized carbons (Fsp3) is 0.944. The van der Waals surface area contributed by atoms with Gasteiger partial charge in [-0.3, -0.25) is 4.99 Å². The van der Waals surface area contributed by atoms with Gasteiger partial charge < -0.3 is 20.3 Å². The summed E-state index contributed by atoms with van der Waals surface area (Å²) in [7, 11) is 0. The molecule has 0 fully saturated rings. The fourth-order valence-electron chi connectivity index (χ4n) is 2.25. The highest BCUT2D eigenvalue weighted by molar-refractivity contribution is 5.79. The monoisotopic (exact) mass is 328 g/mol. The Morgan fingerprint density at radius 2 is 1.65 bits per heavy atom. The number of unbranched alkanes of at least 4 members (excludes halogenated alkanes) is 2. The molecule has 0 atom stereocenters. The van der Waals surface area contributed by atoms with Crippen LogP contribution in [-0.4, -0.2) is 63.3 Å². The smallest absolute Gasteiger partial charge is 0.191 e. The Kier molecular flexibility index (Phi) is 16.9. The van der Waals surface area contributed by atoms with E-state index >= 15 is 0 Å². The lowest BCUT2D eigenvalue weighted by Crippen LogP contribution is -2.38. The summed E-state index contributed by atoms with van der Waals surface area (Å²) in [5.74, 6) is 0.934. The van der Waals surface area contributed by atoms with E-state index in [0.29, 0.717) is 0 Å². The van der Waals surface area contributed by atoms with Crippen LogP contribution in [-0.2, 0) is 4.74 Å². The van der Waals surface area contributed by atoms with Crippen molar-refractivity contribution in [3.05, 3.63) is 0 Å². The standard InChI is InChI=1S/C18H40N4O/c1-5-9-16-23-17-12-14-21-18(19-6-2)20-13-10-11-15-22(7-3)8-4/h5-17H2,1-4H3,(H2,19,20,21). The van der Waals surface area contributed by atoms with Crippen LogP contribution < -0.4 is 10.6 Å². The highest BCUT2D eigenvalue weighted by atomic mass is 16.5. The second-order valence-electron chi connectivity index (χ2n) is 5.74. The molecule has 0 saturated heterocycles. The lowest BCUT2D eigenvalue weighted by molar-refractivity contribution is 0.130. The van der Waals surface area contributed by atoms with Gasteiger partial charge >= 0.3 is 0 Å². The van der Waals surface area contributed by atoms with Crippen LogP contribution in [0.4, 0.5) is 0 Å². The molecule has 0 radical (unpaired) electrons. The summed E-state index contributed by atoms with van der Waals surface area (Å²) in [6, 6.07) is 0. The molecule has 0 rings (SSSR count). The van der Waals surface area contributed by atoms with E-state index in [9.17, 15) is 0 Å². The average Bonchev–Trinajstić information content (AvgIpc) is 2.57. The van der Waals surface area contributed by atoms with Crippen LogP contribution in [0.15, 0.2) is 4.99 Å². The second kappa shape index (κ2) is 17.5. The molecule has 0 amide bonds. The first-order valence-corrected chi connectivity index (χ1v) is 9.60. The third kappa shape index (κ3) is 14.5. The molecule has 5 heteroatoms. The Bertz CT molecular complexity index is 268. The van der Waals surface area contributed by atoms with Gasteiger partial charge in [-0.2, -0.15) is 0 Å². The number of hydrogen-bond donors (Lipinski definition) is 2. The lowest BCUT2D eigenvalue weighted by Gasteiger charge is -2.18. The third-order valence-corrected chi connectivity index (χ3v) is 3.79. The van der Waals surface area contributed by atoms with Gasteiger partial charge in [0.2, 0.25) is 0 Å². The normalized spacial score (nSPS) is 12.0. The van der Waals surface area contributed by atoms with Gasteiger partial charge in [0, 0.05) is 32.8 Å². The number of nitrogens with zero attached hydrogens (tertiary/aromatic N) is 2. The maximum atomic E-state index is 5.56. The zero-order valence-electron chi connectivity index (χ0n) is 16.0. The van der Waals surface area contributed by atoms with Crippen molar-refractivity contribution >= 4 is 5.96 Å². The molecule has 2 N–H and O–H groups in total. The molecule has 5 nitrogen and oxygen atoms in total. The average molecular weight is 329 g/mol. The van der Waals surface area contributed by atoms with E-state index in [0.717, 1.165) is 64.7 Å². The summed E-state index contributed by atoms with van der Waals surface area (Å²) in [6.07, 6.45) is 5.75. The summed E-state index contributed by atoms with van der Waals surface area (Å²) in [5, 5.41) is 6.72. The highest BCUT2D eigenvalue weighted by Gasteiger charge is 1.99. The maximum Gasteiger partial charge on any atom is 0.191 e. The summed E-state index contributed by atoms with van der Waals surface area (Å²) in [6.45, 7) is 16.6. The van der Waals surface area contributed by atoms with Crippen molar-refractivity contribution in [2.45, 2.75) is 59.8 Å². The molecular formula is C18H40N4O. The number of aliphatic imine (C=N–C) groups is 1. The molecule has 138 valence electrons. The number of guanidine groups is 1. The summed E-state index contributed by atoms with van der Waals surface area (Å²) in [5.41, 5.74) is 0. The largest absolute Gasteiger partial charge is 0.381 e. The zero-order chi connectivity index (χ0) is 17.2. The minimum Gasteiger partial charge on any atom is -0.381 e. The van der Waals surface area contributed by atoms with Crippen LogP contribution >= 0.6 is 0 Å². The zero-order valence-corrected chi connectivity index (χ0v) is 16.0. The van der Waals surface area contributed by atoms with Gasteiger partial charge in [-0.05, 0) is 52.2 Å². The van der Waals surface area contributed by atoms with Crippen molar-refractivity contribution in [1.82, 2.24) is 15.5 Å². The van der Waals surface area contributed by atoms with Crippen molar-refractivity contribution < 1.29 is 4.74 Å². The molecule has 0 bridgehead atoms. The van der Waals surface area contributed by atoms with Crippen LogP contribution in [0, 0.1) is 0 Å². The Morgan fingerprint density at radius 1 is 0.913 bits per heavy atom. The van der Waals surface area contributed by atoms with Crippen molar-refractivity contribution in [2.75, 3.05) is 52.5 Å². The number of ether oxygens (including phenoxy) is 1. The maximum absolute atomic E-state index is 5.56. The van der Waals surface area contributed by atoms with Crippen LogP contribution in [0.3, 0.4) is 0 Å². The summed E-state index contributed by atoms with van der Waals surface area (Å²) >= 11 is 0. The predicted molar refractivity (Wildman–Crippen MR) is 101 cm³/mol. The molecule has 0 aromatic carbocycles. The molecule has 0 aromatic rings. The van der Waals surface area contributed by atoms with E-state index in [1.807, 2.05) is 0 Å². The summed E-state index contributed by atoms with van der Waals surface area (Å²) in [4.78, 5) is 7.07. The summed E-state index contributed by atoms with van der Waals surface area (Å²) < 4.78 is 5.56. The first-order chi connectivity index (χ1) is 11.3. The Morgan fingerprint density at radius 3 is 2.30 bits per heavy atom. The molecule has 0 aliphatic rings. The van der Waals surface area contributed by atoms with Gasteiger partial charge in [0.15, 0.2) is 5.96 Å². The number of nitrogens with one attached hydrogen (secondary N) is 2. The second-order valence-corrected chi connectivity index (χ2v) is 5.74. The fourth-order valence-corrected chi connectivity index (χ4v) is 2.25. The molecular weight excluding hydrogens is 288 g/mol. The van der Waals surface area contributed by atoms with E-state index in [4.69, 9.17) is 4.74 Å². The van der Waals surface area contributed by atoms with Crippen molar-refractivity contribution in [3.63, 3.8) is 0 Å². The van der Waals surface area contributed by atoms with E-state index in [-0.39, 0.29) is 0 Å². The molecule has 0 spiro atoms. The van der Waals surface area contributed by atoms with Crippen LogP contribution in [0.5, 0.6) is 0 Å². The molecule has 23 heavy (non-hydrogen) atoms. The first kappa shape index (κ1) is 22.2. The molecule has 0 aromatic heterocycles. The topological polar surface area (TPSA) is 48.9 Å². The molecule has 0 aliphatic heterocycles. The van der Waals surface area contributed by atoms with E-state index in [1.165, 1.54) is 25.8 Å². The van der Waals surface area contributed by atoms with Crippen LogP contribution in [0.2, 0.25) is 0 Å². The molecule has 0 aliphatic carbocycles. The minimum absolute atomic E-state index is 0.812. The SMILES string of the molecule is CCCCOCCCN=C(NCC)NCCCCN(CC)CC. The van der Waals surface area contributed by atoms with Crippen LogP contribution in [0.1, 0.15) is 59.8 Å². The number of hydrogen-bond acceptors (Lipinski definition) is 3. The third-order valence-electron chi connectivity index (χ3n) is 3.79. The van der Waals surface area contributed by atoms with Crippen molar-refractivity contribution in [3.8, 4) is 0 Å². The van der Waals surface area contributed by atoms with E-state index in [1.54, 1.807) is 0 Å². The van der Waals surface area contributed by atoms with Gasteiger partial charge in [-0.1, -0.05) is 27.2 Å². The van der Waals surface area contributed by atoms with E-state index in [2.05, 4.69) is 48.2 Å². The molecule has 0 saturated carbocycles. The minimum atomic E-state index is 0.812. The molecule has 0 unspecified atom stereocenters. The van der Waals surface area contributed by atoms with Crippen molar-refractivity contribution in [1.29, 1.82) is 0 Å². The predicted octanol–water partition coefficient (Wildman–Crippen LogP) is 2.87.